The molecule has 1 aromatic rings. The molecule has 2 rings (SSSR count). The fourth-order valence-corrected chi connectivity index (χ4v) is 2.74. The van der Waals surface area contributed by atoms with Crippen molar-refractivity contribution in [2.24, 2.45) is 5.92 Å². The van der Waals surface area contributed by atoms with Crippen molar-refractivity contribution in [2.45, 2.75) is 39.3 Å². The Bertz CT molecular complexity index is 433. The van der Waals surface area contributed by atoms with Crippen LogP contribution in [0.2, 0.25) is 5.22 Å². The van der Waals surface area contributed by atoms with Gasteiger partial charge in [0.15, 0.2) is 5.22 Å². The van der Waals surface area contributed by atoms with E-state index in [2.05, 4.69) is 12.2 Å². The molecule has 0 unspecified atom stereocenters. The fraction of sp³-hybridized carbons (Fsp3) is 0.643. The van der Waals surface area contributed by atoms with Gasteiger partial charge >= 0.3 is 0 Å². The zero-order chi connectivity index (χ0) is 13.8. The first-order valence-corrected chi connectivity index (χ1v) is 7.23. The highest BCUT2D eigenvalue weighted by Gasteiger charge is 2.27. The van der Waals surface area contributed by atoms with Gasteiger partial charge in [0.2, 0.25) is 5.91 Å². The Morgan fingerprint density at radius 3 is 2.95 bits per heavy atom. The Balaban J connectivity index is 1.81. The summed E-state index contributed by atoms with van der Waals surface area (Å²) in [4.78, 5) is 13.6. The van der Waals surface area contributed by atoms with Crippen molar-refractivity contribution in [1.29, 1.82) is 0 Å². The van der Waals surface area contributed by atoms with Gasteiger partial charge in [-0.3, -0.25) is 4.79 Å². The van der Waals surface area contributed by atoms with Crippen molar-refractivity contribution in [1.82, 2.24) is 10.2 Å². The molecule has 0 aromatic carbocycles. The average molecular weight is 285 g/mol. The molecule has 1 N–H and O–H groups in total. The number of carbonyl (C=O) groups is 1. The van der Waals surface area contributed by atoms with Gasteiger partial charge in [-0.1, -0.05) is 13.8 Å². The minimum atomic E-state index is 0.253. The molecule has 106 valence electrons. The van der Waals surface area contributed by atoms with Crippen LogP contribution < -0.4 is 5.32 Å². The molecular formula is C14H21ClN2O2. The van der Waals surface area contributed by atoms with Crippen LogP contribution in [0.5, 0.6) is 0 Å². The summed E-state index contributed by atoms with van der Waals surface area (Å²) in [6.07, 6.45) is 1.58. The summed E-state index contributed by atoms with van der Waals surface area (Å²) in [6.45, 7) is 6.46. The molecule has 0 spiro atoms. The second-order valence-corrected chi connectivity index (χ2v) is 5.53. The summed E-state index contributed by atoms with van der Waals surface area (Å²) in [5.74, 6) is 1.56. The first kappa shape index (κ1) is 14.4. The second kappa shape index (κ2) is 6.44. The van der Waals surface area contributed by atoms with Crippen LogP contribution in [0.4, 0.5) is 0 Å². The van der Waals surface area contributed by atoms with E-state index in [0.717, 1.165) is 25.3 Å². The van der Waals surface area contributed by atoms with Crippen LogP contribution in [0, 0.1) is 5.92 Å². The summed E-state index contributed by atoms with van der Waals surface area (Å²) >= 11 is 5.74. The van der Waals surface area contributed by atoms with Gasteiger partial charge in [-0.05, 0) is 36.1 Å². The smallest absolute Gasteiger partial charge is 0.222 e. The third-order valence-electron chi connectivity index (χ3n) is 3.73. The van der Waals surface area contributed by atoms with Gasteiger partial charge in [-0.2, -0.15) is 0 Å². The standard InChI is InChI=1S/C14H21ClN2O2/c1-3-14(18)17-7-6-12(10(2)9-17)16-8-11-4-5-13(15)19-11/h4-5,10,12,16H,3,6-9H2,1-2H3/t10-,12+/m0/s1. The van der Waals surface area contributed by atoms with Crippen molar-refractivity contribution >= 4 is 17.5 Å². The van der Waals surface area contributed by atoms with E-state index in [0.29, 0.717) is 30.1 Å². The first-order valence-electron chi connectivity index (χ1n) is 6.85. The molecule has 0 radical (unpaired) electrons. The normalized spacial score (nSPS) is 23.6. The van der Waals surface area contributed by atoms with Gasteiger partial charge in [0.25, 0.3) is 0 Å². The minimum Gasteiger partial charge on any atom is -0.448 e. The molecule has 1 aliphatic rings. The molecule has 0 saturated carbocycles. The Labute approximate surface area is 119 Å². The average Bonchev–Trinajstić information content (AvgIpc) is 2.82. The fourth-order valence-electron chi connectivity index (χ4n) is 2.58. The zero-order valence-corrected chi connectivity index (χ0v) is 12.2. The largest absolute Gasteiger partial charge is 0.448 e. The predicted molar refractivity (Wildman–Crippen MR) is 75.0 cm³/mol. The number of carbonyl (C=O) groups excluding carboxylic acids is 1. The van der Waals surface area contributed by atoms with E-state index in [4.69, 9.17) is 16.0 Å². The van der Waals surface area contributed by atoms with Crippen LogP contribution in [0.15, 0.2) is 16.5 Å². The van der Waals surface area contributed by atoms with Crippen molar-refractivity contribution in [3.8, 4) is 0 Å². The maximum absolute atomic E-state index is 11.7. The lowest BCUT2D eigenvalue weighted by Gasteiger charge is -2.37. The van der Waals surface area contributed by atoms with Gasteiger partial charge in [-0.25, -0.2) is 0 Å². The van der Waals surface area contributed by atoms with Crippen LogP contribution in [0.1, 0.15) is 32.4 Å². The number of nitrogens with one attached hydrogen (secondary N) is 1. The number of furan rings is 1. The third kappa shape index (κ3) is 3.74. The van der Waals surface area contributed by atoms with Crippen LogP contribution >= 0.6 is 11.6 Å². The molecule has 19 heavy (non-hydrogen) atoms. The van der Waals surface area contributed by atoms with E-state index in [1.165, 1.54) is 0 Å². The van der Waals surface area contributed by atoms with E-state index in [1.807, 2.05) is 17.9 Å². The monoisotopic (exact) mass is 284 g/mol. The highest BCUT2D eigenvalue weighted by Crippen LogP contribution is 2.19. The number of halogens is 1. The van der Waals surface area contributed by atoms with Gasteiger partial charge in [0.1, 0.15) is 5.76 Å². The van der Waals surface area contributed by atoms with Crippen LogP contribution in [0.3, 0.4) is 0 Å². The first-order chi connectivity index (χ1) is 9.10. The summed E-state index contributed by atoms with van der Waals surface area (Å²) < 4.78 is 5.32. The summed E-state index contributed by atoms with van der Waals surface area (Å²) in [7, 11) is 0. The maximum Gasteiger partial charge on any atom is 0.222 e. The molecule has 1 saturated heterocycles. The van der Waals surface area contributed by atoms with Crippen molar-refractivity contribution in [3.63, 3.8) is 0 Å². The SMILES string of the molecule is CCC(=O)N1CC[C@@H](NCc2ccc(Cl)o2)[C@@H](C)C1. The molecule has 0 aliphatic carbocycles. The van der Waals surface area contributed by atoms with E-state index >= 15 is 0 Å². The highest BCUT2D eigenvalue weighted by molar-refractivity contribution is 6.28. The number of hydrogen-bond acceptors (Lipinski definition) is 3. The number of hydrogen-bond donors (Lipinski definition) is 1. The maximum atomic E-state index is 11.7. The second-order valence-electron chi connectivity index (χ2n) is 5.15. The lowest BCUT2D eigenvalue weighted by molar-refractivity contribution is -0.132. The molecule has 5 heteroatoms. The summed E-state index contributed by atoms with van der Waals surface area (Å²) in [6, 6.07) is 4.06. The lowest BCUT2D eigenvalue weighted by Crippen LogP contribution is -2.49. The Hall–Kier alpha value is -1.00. The number of likely N-dealkylation sites (tertiary alicyclic amines) is 1. The third-order valence-corrected chi connectivity index (χ3v) is 3.93. The predicted octanol–water partition coefficient (Wildman–Crippen LogP) is 2.67. The van der Waals surface area contributed by atoms with Gasteiger partial charge in [0, 0.05) is 25.6 Å². The van der Waals surface area contributed by atoms with Crippen LogP contribution in [0.25, 0.3) is 0 Å². The number of rotatable bonds is 4. The quantitative estimate of drug-likeness (QED) is 0.925. The summed E-state index contributed by atoms with van der Waals surface area (Å²) in [5, 5.41) is 3.91. The number of piperidine rings is 1. The molecular weight excluding hydrogens is 264 g/mol. The highest BCUT2D eigenvalue weighted by atomic mass is 35.5. The van der Waals surface area contributed by atoms with Gasteiger partial charge in [-0.15, -0.1) is 0 Å². The molecule has 2 atom stereocenters. The van der Waals surface area contributed by atoms with E-state index in [9.17, 15) is 4.79 Å². The lowest BCUT2D eigenvalue weighted by atomic mass is 9.93. The molecule has 1 fully saturated rings. The summed E-state index contributed by atoms with van der Waals surface area (Å²) in [5.41, 5.74) is 0. The molecule has 1 amide bonds. The van der Waals surface area contributed by atoms with Crippen LogP contribution in [-0.4, -0.2) is 29.9 Å². The number of nitrogens with zero attached hydrogens (tertiary/aromatic N) is 1. The topological polar surface area (TPSA) is 45.5 Å². The number of amides is 1. The van der Waals surface area contributed by atoms with Crippen molar-refractivity contribution in [3.05, 3.63) is 23.1 Å². The Morgan fingerprint density at radius 1 is 1.58 bits per heavy atom. The minimum absolute atomic E-state index is 0.253. The van der Waals surface area contributed by atoms with Crippen molar-refractivity contribution in [2.75, 3.05) is 13.1 Å². The van der Waals surface area contributed by atoms with E-state index < -0.39 is 0 Å². The van der Waals surface area contributed by atoms with Crippen LogP contribution in [-0.2, 0) is 11.3 Å². The molecule has 1 aromatic heterocycles. The molecule has 0 bridgehead atoms. The molecule has 1 aliphatic heterocycles. The molecule has 2 heterocycles. The van der Waals surface area contributed by atoms with E-state index in [-0.39, 0.29) is 5.91 Å². The molecule has 4 nitrogen and oxygen atoms in total. The zero-order valence-electron chi connectivity index (χ0n) is 11.5. The van der Waals surface area contributed by atoms with Gasteiger partial charge in [0.05, 0.1) is 6.54 Å². The Kier molecular flexibility index (Phi) is 4.88. The van der Waals surface area contributed by atoms with Crippen molar-refractivity contribution < 1.29 is 9.21 Å². The van der Waals surface area contributed by atoms with Gasteiger partial charge < -0.3 is 14.6 Å². The van der Waals surface area contributed by atoms with E-state index in [1.54, 1.807) is 6.07 Å². The Morgan fingerprint density at radius 2 is 2.37 bits per heavy atom.